The summed E-state index contributed by atoms with van der Waals surface area (Å²) < 4.78 is 5.45. The van der Waals surface area contributed by atoms with Crippen LogP contribution >= 0.6 is 11.6 Å². The minimum absolute atomic E-state index is 0.166. The molecule has 1 unspecified atom stereocenters. The lowest BCUT2D eigenvalue weighted by atomic mass is 10.2. The minimum Gasteiger partial charge on any atom is -0.337 e. The molecule has 1 fully saturated rings. The largest absolute Gasteiger partial charge is 0.337 e. The van der Waals surface area contributed by atoms with Crippen molar-refractivity contribution >= 4 is 23.3 Å². The van der Waals surface area contributed by atoms with Crippen molar-refractivity contribution in [2.24, 2.45) is 0 Å². The van der Waals surface area contributed by atoms with E-state index in [4.69, 9.17) is 16.1 Å². The van der Waals surface area contributed by atoms with Crippen LogP contribution in [0.1, 0.15) is 24.8 Å². The third-order valence-corrected chi connectivity index (χ3v) is 4.58. The predicted molar refractivity (Wildman–Crippen MR) is 98.9 cm³/mol. The Hall–Kier alpha value is -2.86. The van der Waals surface area contributed by atoms with Crippen molar-refractivity contribution in [3.8, 4) is 11.4 Å². The summed E-state index contributed by atoms with van der Waals surface area (Å²) >= 11 is 6.02. The van der Waals surface area contributed by atoms with Gasteiger partial charge in [0, 0.05) is 22.8 Å². The lowest BCUT2D eigenvalue weighted by Gasteiger charge is -2.22. The molecule has 0 spiro atoms. The van der Waals surface area contributed by atoms with Gasteiger partial charge >= 0.3 is 6.03 Å². The van der Waals surface area contributed by atoms with E-state index >= 15 is 0 Å². The normalized spacial score (nSPS) is 16.7. The topological polar surface area (TPSA) is 71.3 Å². The number of hydrogen-bond donors (Lipinski definition) is 1. The van der Waals surface area contributed by atoms with E-state index in [0.29, 0.717) is 23.3 Å². The molecule has 2 aromatic carbocycles. The highest BCUT2D eigenvalue weighted by molar-refractivity contribution is 6.30. The molecule has 1 saturated heterocycles. The summed E-state index contributed by atoms with van der Waals surface area (Å²) in [4.78, 5) is 18.9. The van der Waals surface area contributed by atoms with Gasteiger partial charge in [0.1, 0.15) is 6.04 Å². The highest BCUT2D eigenvalue weighted by Crippen LogP contribution is 2.32. The summed E-state index contributed by atoms with van der Waals surface area (Å²) in [5.41, 5.74) is 1.54. The van der Waals surface area contributed by atoms with Crippen LogP contribution in [0.3, 0.4) is 0 Å². The maximum Gasteiger partial charge on any atom is 0.322 e. The molecule has 3 aromatic rings. The zero-order valence-corrected chi connectivity index (χ0v) is 14.7. The molecule has 0 radical (unpaired) electrons. The molecule has 0 saturated carbocycles. The van der Waals surface area contributed by atoms with Crippen LogP contribution in [-0.2, 0) is 0 Å². The number of carbonyl (C=O) groups excluding carboxylic acids is 1. The van der Waals surface area contributed by atoms with Gasteiger partial charge in [-0.3, -0.25) is 0 Å². The van der Waals surface area contributed by atoms with Gasteiger partial charge in [0.2, 0.25) is 11.7 Å². The molecule has 4 rings (SSSR count). The van der Waals surface area contributed by atoms with Crippen molar-refractivity contribution in [2.45, 2.75) is 18.9 Å². The number of rotatable bonds is 3. The number of hydrogen-bond acceptors (Lipinski definition) is 4. The molecule has 0 bridgehead atoms. The lowest BCUT2D eigenvalue weighted by Crippen LogP contribution is -2.34. The molecule has 1 atom stereocenters. The van der Waals surface area contributed by atoms with Gasteiger partial charge in [-0.05, 0) is 37.1 Å². The van der Waals surface area contributed by atoms with Crippen LogP contribution in [0.4, 0.5) is 10.5 Å². The van der Waals surface area contributed by atoms with Crippen LogP contribution in [0.5, 0.6) is 0 Å². The number of carbonyl (C=O) groups is 1. The zero-order chi connectivity index (χ0) is 17.9. The molecule has 1 N–H and O–H groups in total. The van der Waals surface area contributed by atoms with E-state index in [-0.39, 0.29) is 12.1 Å². The van der Waals surface area contributed by atoms with E-state index in [1.165, 1.54) is 0 Å². The van der Waals surface area contributed by atoms with Crippen molar-refractivity contribution in [3.05, 3.63) is 65.5 Å². The fourth-order valence-electron chi connectivity index (χ4n) is 3.10. The van der Waals surface area contributed by atoms with Crippen LogP contribution in [0, 0.1) is 0 Å². The number of urea groups is 1. The summed E-state index contributed by atoms with van der Waals surface area (Å²) in [7, 11) is 0. The molecule has 26 heavy (non-hydrogen) atoms. The molecular formula is C19H17ClN4O2. The monoisotopic (exact) mass is 368 g/mol. The second kappa shape index (κ2) is 7.17. The molecule has 1 aliphatic heterocycles. The summed E-state index contributed by atoms with van der Waals surface area (Å²) in [6.45, 7) is 0.651. The minimum atomic E-state index is -0.223. The summed E-state index contributed by atoms with van der Waals surface area (Å²) in [5.74, 6) is 0.915. The Kier molecular flexibility index (Phi) is 4.58. The fraction of sp³-hybridized carbons (Fsp3) is 0.211. The number of likely N-dealkylation sites (tertiary alicyclic amines) is 1. The first-order valence-electron chi connectivity index (χ1n) is 8.43. The van der Waals surface area contributed by atoms with Crippen LogP contribution in [-0.4, -0.2) is 27.6 Å². The van der Waals surface area contributed by atoms with Gasteiger partial charge in [-0.15, -0.1) is 0 Å². The molecule has 7 heteroatoms. The molecule has 2 amide bonds. The van der Waals surface area contributed by atoms with E-state index in [0.717, 1.165) is 24.1 Å². The number of nitrogens with one attached hydrogen (secondary N) is 1. The number of halogens is 1. The predicted octanol–water partition coefficient (Wildman–Crippen LogP) is 4.76. The fourth-order valence-corrected chi connectivity index (χ4v) is 3.29. The van der Waals surface area contributed by atoms with Crippen molar-refractivity contribution in [1.82, 2.24) is 15.0 Å². The van der Waals surface area contributed by atoms with Gasteiger partial charge in [0.15, 0.2) is 0 Å². The SMILES string of the molecule is O=C(Nc1ccccc1)N1CCCC1c1nc(-c2cccc(Cl)c2)no1. The Morgan fingerprint density at radius 3 is 2.85 bits per heavy atom. The number of nitrogens with zero attached hydrogens (tertiary/aromatic N) is 3. The summed E-state index contributed by atoms with van der Waals surface area (Å²) in [6.07, 6.45) is 1.68. The third-order valence-electron chi connectivity index (χ3n) is 4.35. The van der Waals surface area contributed by atoms with Gasteiger partial charge in [0.05, 0.1) is 0 Å². The molecule has 0 aliphatic carbocycles. The summed E-state index contributed by atoms with van der Waals surface area (Å²) in [5, 5.41) is 7.57. The van der Waals surface area contributed by atoms with E-state index in [1.807, 2.05) is 42.5 Å². The maximum absolute atomic E-state index is 12.6. The lowest BCUT2D eigenvalue weighted by molar-refractivity contribution is 0.193. The smallest absolute Gasteiger partial charge is 0.322 e. The first-order valence-corrected chi connectivity index (χ1v) is 8.81. The molecule has 1 aliphatic rings. The van der Waals surface area contributed by atoms with E-state index < -0.39 is 0 Å². The Morgan fingerprint density at radius 2 is 2.04 bits per heavy atom. The number of anilines is 1. The average Bonchev–Trinajstić information content (AvgIpc) is 3.32. The van der Waals surface area contributed by atoms with Crippen LogP contribution in [0.2, 0.25) is 5.02 Å². The van der Waals surface area contributed by atoms with Gasteiger partial charge in [0.25, 0.3) is 0 Å². The Balaban J connectivity index is 1.52. The Labute approximate surface area is 155 Å². The first kappa shape index (κ1) is 16.6. The first-order chi connectivity index (χ1) is 12.7. The van der Waals surface area contributed by atoms with Crippen LogP contribution < -0.4 is 5.32 Å². The van der Waals surface area contributed by atoms with Crippen LogP contribution in [0.15, 0.2) is 59.1 Å². The number of aromatic nitrogens is 2. The molecular weight excluding hydrogens is 352 g/mol. The Morgan fingerprint density at radius 1 is 1.19 bits per heavy atom. The van der Waals surface area contributed by atoms with Gasteiger partial charge in [-0.1, -0.05) is 47.1 Å². The molecule has 1 aromatic heterocycles. The van der Waals surface area contributed by atoms with Gasteiger partial charge < -0.3 is 14.7 Å². The third kappa shape index (κ3) is 3.41. The van der Waals surface area contributed by atoms with Gasteiger partial charge in [-0.2, -0.15) is 4.98 Å². The second-order valence-corrected chi connectivity index (χ2v) is 6.55. The highest BCUT2D eigenvalue weighted by Gasteiger charge is 2.34. The molecule has 132 valence electrons. The molecule has 2 heterocycles. The maximum atomic E-state index is 12.6. The van der Waals surface area contributed by atoms with E-state index in [9.17, 15) is 4.79 Å². The van der Waals surface area contributed by atoms with Crippen molar-refractivity contribution in [3.63, 3.8) is 0 Å². The average molecular weight is 369 g/mol. The van der Waals surface area contributed by atoms with Crippen molar-refractivity contribution < 1.29 is 9.32 Å². The molecule has 6 nitrogen and oxygen atoms in total. The second-order valence-electron chi connectivity index (χ2n) is 6.11. The van der Waals surface area contributed by atoms with Crippen molar-refractivity contribution in [2.75, 3.05) is 11.9 Å². The standard InChI is InChI=1S/C19H17ClN4O2/c20-14-7-4-6-13(12-14)17-22-18(26-23-17)16-10-5-11-24(16)19(25)21-15-8-2-1-3-9-15/h1-4,6-9,12,16H,5,10-11H2,(H,21,25). The number of amides is 2. The van der Waals surface area contributed by atoms with Crippen LogP contribution in [0.25, 0.3) is 11.4 Å². The Bertz CT molecular complexity index is 913. The van der Waals surface area contributed by atoms with E-state index in [1.54, 1.807) is 17.0 Å². The number of para-hydroxylation sites is 1. The van der Waals surface area contributed by atoms with E-state index in [2.05, 4.69) is 15.5 Å². The van der Waals surface area contributed by atoms with Gasteiger partial charge in [-0.25, -0.2) is 4.79 Å². The van der Waals surface area contributed by atoms with Crippen molar-refractivity contribution in [1.29, 1.82) is 0 Å². The highest BCUT2D eigenvalue weighted by atomic mass is 35.5. The summed E-state index contributed by atoms with van der Waals surface area (Å²) in [6, 6.07) is 16.3. The number of benzene rings is 2. The quantitative estimate of drug-likeness (QED) is 0.723. The zero-order valence-electron chi connectivity index (χ0n) is 13.9.